The average molecular weight is 453 g/mol. The minimum atomic E-state index is -0.278. The van der Waals surface area contributed by atoms with Crippen LogP contribution in [0.3, 0.4) is 0 Å². The number of allylic oxidation sites excluding steroid dienone is 1. The van der Waals surface area contributed by atoms with Gasteiger partial charge in [-0.15, -0.1) is 0 Å². The molecule has 0 saturated heterocycles. The number of nitrogens with zero attached hydrogens (tertiary/aromatic N) is 2. The van der Waals surface area contributed by atoms with Crippen molar-refractivity contribution in [3.05, 3.63) is 83.2 Å². The van der Waals surface area contributed by atoms with Crippen LogP contribution in [-0.2, 0) is 4.79 Å². The Morgan fingerprint density at radius 3 is 2.59 bits per heavy atom. The smallest absolute Gasteiger partial charge is 0.262 e. The number of aromatic nitrogens is 2. The number of hydrogen-bond donors (Lipinski definition) is 2. The number of methoxy groups -OCH3 is 1. The van der Waals surface area contributed by atoms with Crippen LogP contribution in [0.25, 0.3) is 22.7 Å². The number of anilines is 1. The van der Waals surface area contributed by atoms with Crippen LogP contribution in [0.15, 0.2) is 60.7 Å². The molecule has 0 radical (unpaired) electrons. The van der Waals surface area contributed by atoms with Gasteiger partial charge in [0, 0.05) is 11.8 Å². The summed E-state index contributed by atoms with van der Waals surface area (Å²) in [6.45, 7) is 3.95. The first-order chi connectivity index (χ1) is 16.4. The molecule has 7 nitrogen and oxygen atoms in total. The first-order valence-corrected chi connectivity index (χ1v) is 10.7. The van der Waals surface area contributed by atoms with Crippen molar-refractivity contribution in [2.45, 2.75) is 13.8 Å². The molecule has 0 saturated carbocycles. The molecule has 2 N–H and O–H groups in total. The molecule has 0 aliphatic heterocycles. The molecular formula is C27H24N4O3. The maximum absolute atomic E-state index is 12.2. The normalized spacial score (nSPS) is 11.2. The lowest BCUT2D eigenvalue weighted by atomic mass is 10.1. The Bertz CT molecular complexity index is 1370. The van der Waals surface area contributed by atoms with E-state index >= 15 is 0 Å². The van der Waals surface area contributed by atoms with Crippen LogP contribution >= 0.6 is 0 Å². The second kappa shape index (κ2) is 9.92. The number of carbonyl (C=O) groups excluding carboxylic acids is 1. The van der Waals surface area contributed by atoms with E-state index in [4.69, 9.17) is 9.47 Å². The van der Waals surface area contributed by atoms with E-state index in [0.717, 1.165) is 27.7 Å². The Balaban J connectivity index is 1.41. The highest BCUT2D eigenvalue weighted by molar-refractivity contribution is 5.92. The van der Waals surface area contributed by atoms with E-state index in [1.807, 2.05) is 38.1 Å². The summed E-state index contributed by atoms with van der Waals surface area (Å²) in [4.78, 5) is 20.0. The van der Waals surface area contributed by atoms with E-state index < -0.39 is 0 Å². The Kier molecular flexibility index (Phi) is 6.60. The van der Waals surface area contributed by atoms with Crippen LogP contribution in [0.1, 0.15) is 22.5 Å². The molecule has 4 aromatic rings. The van der Waals surface area contributed by atoms with Crippen molar-refractivity contribution in [3.8, 4) is 17.6 Å². The quantitative estimate of drug-likeness (QED) is 0.372. The average Bonchev–Trinajstić information content (AvgIpc) is 3.24. The first kappa shape index (κ1) is 22.6. The van der Waals surface area contributed by atoms with Crippen molar-refractivity contribution < 1.29 is 14.3 Å². The van der Waals surface area contributed by atoms with Crippen LogP contribution in [0.5, 0.6) is 11.5 Å². The molecule has 3 aromatic carbocycles. The van der Waals surface area contributed by atoms with Gasteiger partial charge in [0.2, 0.25) is 0 Å². The monoisotopic (exact) mass is 452 g/mol. The van der Waals surface area contributed by atoms with Gasteiger partial charge >= 0.3 is 0 Å². The minimum absolute atomic E-state index is 0.131. The molecule has 0 aliphatic rings. The van der Waals surface area contributed by atoms with E-state index in [2.05, 4.69) is 21.4 Å². The molecule has 170 valence electrons. The van der Waals surface area contributed by atoms with Gasteiger partial charge in [-0.05, 0) is 73.0 Å². The lowest BCUT2D eigenvalue weighted by molar-refractivity contribution is -0.118. The van der Waals surface area contributed by atoms with E-state index in [9.17, 15) is 10.1 Å². The summed E-state index contributed by atoms with van der Waals surface area (Å²) < 4.78 is 10.7. The van der Waals surface area contributed by atoms with Gasteiger partial charge in [-0.25, -0.2) is 4.98 Å². The summed E-state index contributed by atoms with van der Waals surface area (Å²) in [6, 6.07) is 20.5. The van der Waals surface area contributed by atoms with Gasteiger partial charge < -0.3 is 19.8 Å². The number of nitriles is 1. The number of nitrogens with one attached hydrogen (secondary N) is 2. The zero-order chi connectivity index (χ0) is 24.1. The van der Waals surface area contributed by atoms with E-state index in [1.54, 1.807) is 49.6 Å². The molecule has 7 heteroatoms. The number of ether oxygens (including phenoxy) is 2. The summed E-state index contributed by atoms with van der Waals surface area (Å²) in [7, 11) is 1.57. The SMILES string of the molecule is COc1cccc(NC(=O)COc2ccc(/C=C(\C#N)c3nc4cc(C)c(C)cc4[nH]3)cc2)c1. The Labute approximate surface area is 197 Å². The topological polar surface area (TPSA) is 100 Å². The Morgan fingerprint density at radius 2 is 1.85 bits per heavy atom. The summed E-state index contributed by atoms with van der Waals surface area (Å²) in [5, 5.41) is 12.4. The molecular weight excluding hydrogens is 428 g/mol. The molecule has 0 unspecified atom stereocenters. The van der Waals surface area contributed by atoms with Crippen molar-refractivity contribution in [2.75, 3.05) is 19.0 Å². The number of hydrogen-bond acceptors (Lipinski definition) is 5. The number of H-pyrrole nitrogens is 1. The van der Waals surface area contributed by atoms with Crippen molar-refractivity contribution in [1.29, 1.82) is 5.26 Å². The van der Waals surface area contributed by atoms with E-state index in [1.165, 1.54) is 0 Å². The highest BCUT2D eigenvalue weighted by Crippen LogP contribution is 2.23. The number of fused-ring (bicyclic) bond motifs is 1. The van der Waals surface area contributed by atoms with Crippen LogP contribution in [0.2, 0.25) is 0 Å². The third-order valence-corrected chi connectivity index (χ3v) is 5.39. The molecule has 0 fully saturated rings. The maximum atomic E-state index is 12.2. The van der Waals surface area contributed by atoms with Gasteiger partial charge in [0.15, 0.2) is 6.61 Å². The fourth-order valence-electron chi connectivity index (χ4n) is 3.42. The predicted molar refractivity (Wildman–Crippen MR) is 133 cm³/mol. The van der Waals surface area contributed by atoms with Gasteiger partial charge in [-0.2, -0.15) is 5.26 Å². The summed E-state index contributed by atoms with van der Waals surface area (Å²) in [5.74, 6) is 1.45. The third-order valence-electron chi connectivity index (χ3n) is 5.39. The molecule has 1 heterocycles. The van der Waals surface area contributed by atoms with Crippen LogP contribution in [0.4, 0.5) is 5.69 Å². The molecule has 1 aromatic heterocycles. The standard InChI is InChI=1S/C27H24N4O3/c1-17-11-24-25(12-18(17)2)31-27(30-24)20(15-28)13-19-7-9-22(10-8-19)34-16-26(32)29-21-5-4-6-23(14-21)33-3/h4-14H,16H2,1-3H3,(H,29,32)(H,30,31)/b20-13+. The van der Waals surface area contributed by atoms with Crippen LogP contribution in [-0.4, -0.2) is 29.6 Å². The zero-order valence-corrected chi connectivity index (χ0v) is 19.2. The van der Waals surface area contributed by atoms with Gasteiger partial charge in [-0.1, -0.05) is 18.2 Å². The van der Waals surface area contributed by atoms with Crippen molar-refractivity contribution in [3.63, 3.8) is 0 Å². The fraction of sp³-hybridized carbons (Fsp3) is 0.148. The molecule has 0 atom stereocenters. The maximum Gasteiger partial charge on any atom is 0.262 e. The summed E-state index contributed by atoms with van der Waals surface area (Å²) in [5.41, 5.74) is 5.92. The zero-order valence-electron chi connectivity index (χ0n) is 19.2. The number of rotatable bonds is 7. The largest absolute Gasteiger partial charge is 0.497 e. The number of aryl methyl sites for hydroxylation is 2. The number of imidazole rings is 1. The molecule has 4 rings (SSSR count). The number of carbonyl (C=O) groups is 1. The predicted octanol–water partition coefficient (Wildman–Crippen LogP) is 5.27. The minimum Gasteiger partial charge on any atom is -0.497 e. The number of benzene rings is 3. The lowest BCUT2D eigenvalue weighted by Gasteiger charge is -2.09. The first-order valence-electron chi connectivity index (χ1n) is 10.7. The van der Waals surface area contributed by atoms with E-state index in [-0.39, 0.29) is 12.5 Å². The molecule has 34 heavy (non-hydrogen) atoms. The Morgan fingerprint density at radius 1 is 1.09 bits per heavy atom. The van der Waals surface area contributed by atoms with Gasteiger partial charge in [-0.3, -0.25) is 4.79 Å². The van der Waals surface area contributed by atoms with Crippen molar-refractivity contribution in [2.24, 2.45) is 0 Å². The second-order valence-electron chi connectivity index (χ2n) is 7.85. The molecule has 1 amide bonds. The molecule has 0 aliphatic carbocycles. The lowest BCUT2D eigenvalue weighted by Crippen LogP contribution is -2.20. The highest BCUT2D eigenvalue weighted by Gasteiger charge is 2.10. The van der Waals surface area contributed by atoms with Crippen molar-refractivity contribution >= 4 is 34.3 Å². The molecule has 0 bridgehead atoms. The fourth-order valence-corrected chi connectivity index (χ4v) is 3.42. The van der Waals surface area contributed by atoms with Gasteiger partial charge in [0.05, 0.1) is 23.7 Å². The van der Waals surface area contributed by atoms with Crippen molar-refractivity contribution in [1.82, 2.24) is 9.97 Å². The Hall–Kier alpha value is -4.57. The second-order valence-corrected chi connectivity index (χ2v) is 7.85. The van der Waals surface area contributed by atoms with Gasteiger partial charge in [0.1, 0.15) is 23.4 Å². The van der Waals surface area contributed by atoms with E-state index in [0.29, 0.717) is 28.6 Å². The molecule has 0 spiro atoms. The van der Waals surface area contributed by atoms with Crippen LogP contribution in [0, 0.1) is 25.2 Å². The van der Waals surface area contributed by atoms with Crippen LogP contribution < -0.4 is 14.8 Å². The highest BCUT2D eigenvalue weighted by atomic mass is 16.5. The number of amides is 1. The third kappa shape index (κ3) is 5.25. The number of aromatic amines is 1. The summed E-state index contributed by atoms with van der Waals surface area (Å²) >= 11 is 0. The summed E-state index contributed by atoms with van der Waals surface area (Å²) in [6.07, 6.45) is 1.76. The van der Waals surface area contributed by atoms with Gasteiger partial charge in [0.25, 0.3) is 5.91 Å².